The second-order valence-electron chi connectivity index (χ2n) is 5.67. The Bertz CT molecular complexity index is 485. The first kappa shape index (κ1) is 13.1. The highest BCUT2D eigenvalue weighted by Crippen LogP contribution is 2.48. The van der Waals surface area contributed by atoms with Crippen LogP contribution in [0.15, 0.2) is 22.7 Å². The number of hydrogen-bond donors (Lipinski definition) is 1. The largest absolute Gasteiger partial charge is 0.352 e. The van der Waals surface area contributed by atoms with Crippen molar-refractivity contribution in [1.29, 1.82) is 0 Å². The molecule has 2 saturated carbocycles. The first-order valence-electron chi connectivity index (χ1n) is 6.88. The summed E-state index contributed by atoms with van der Waals surface area (Å²) in [7, 11) is 0. The number of halogens is 2. The standard InChI is InChI=1S/C15H17BrFNO/c16-14-6-5-11(17)7-12(14)15(19)18-8-13(9-1-2-9)10-3-4-10/h5-7,9-10,13H,1-4,8H2,(H,18,19). The molecule has 0 atom stereocenters. The maximum absolute atomic E-state index is 13.2. The molecule has 19 heavy (non-hydrogen) atoms. The number of carbonyl (C=O) groups excluding carboxylic acids is 1. The number of hydrogen-bond acceptors (Lipinski definition) is 1. The lowest BCUT2D eigenvalue weighted by atomic mass is 9.98. The first-order valence-corrected chi connectivity index (χ1v) is 7.67. The summed E-state index contributed by atoms with van der Waals surface area (Å²) in [5.74, 6) is 1.69. The van der Waals surface area contributed by atoms with Crippen LogP contribution in [0.5, 0.6) is 0 Å². The maximum atomic E-state index is 13.2. The second-order valence-corrected chi connectivity index (χ2v) is 6.53. The second kappa shape index (κ2) is 5.23. The molecule has 2 fully saturated rings. The molecule has 0 heterocycles. The van der Waals surface area contributed by atoms with Gasteiger partial charge in [0.1, 0.15) is 5.82 Å². The Morgan fingerprint density at radius 1 is 1.32 bits per heavy atom. The van der Waals surface area contributed by atoms with Crippen molar-refractivity contribution in [3.05, 3.63) is 34.1 Å². The van der Waals surface area contributed by atoms with Gasteiger partial charge in [-0.05, 0) is 77.6 Å². The Balaban J connectivity index is 1.62. The van der Waals surface area contributed by atoms with Crippen LogP contribution < -0.4 is 5.32 Å². The van der Waals surface area contributed by atoms with Gasteiger partial charge in [-0.3, -0.25) is 4.79 Å². The van der Waals surface area contributed by atoms with E-state index in [2.05, 4.69) is 21.2 Å². The van der Waals surface area contributed by atoms with Gasteiger partial charge in [-0.1, -0.05) is 0 Å². The van der Waals surface area contributed by atoms with Crippen LogP contribution in [0.4, 0.5) is 4.39 Å². The van der Waals surface area contributed by atoms with E-state index in [0.717, 1.165) is 18.4 Å². The Kier molecular flexibility index (Phi) is 3.61. The fourth-order valence-electron chi connectivity index (χ4n) is 2.74. The molecule has 0 radical (unpaired) electrons. The predicted octanol–water partition coefficient (Wildman–Crippen LogP) is 3.75. The molecule has 1 amide bonds. The van der Waals surface area contributed by atoms with E-state index in [1.54, 1.807) is 6.07 Å². The summed E-state index contributed by atoms with van der Waals surface area (Å²) in [4.78, 5) is 12.1. The van der Waals surface area contributed by atoms with Crippen LogP contribution in [0.1, 0.15) is 36.0 Å². The molecular weight excluding hydrogens is 309 g/mol. The Labute approximate surface area is 120 Å². The highest BCUT2D eigenvalue weighted by atomic mass is 79.9. The molecule has 102 valence electrons. The SMILES string of the molecule is O=C(NCC(C1CC1)C1CC1)c1cc(F)ccc1Br. The highest BCUT2D eigenvalue weighted by molar-refractivity contribution is 9.10. The number of rotatable bonds is 5. The summed E-state index contributed by atoms with van der Waals surface area (Å²) in [6, 6.07) is 4.20. The van der Waals surface area contributed by atoms with Crippen molar-refractivity contribution >= 4 is 21.8 Å². The van der Waals surface area contributed by atoms with Crippen LogP contribution in [0, 0.1) is 23.6 Å². The summed E-state index contributed by atoms with van der Waals surface area (Å²) in [6.45, 7) is 0.733. The molecule has 1 aromatic rings. The van der Waals surface area contributed by atoms with E-state index in [0.29, 0.717) is 16.0 Å². The fraction of sp³-hybridized carbons (Fsp3) is 0.533. The fourth-order valence-corrected chi connectivity index (χ4v) is 3.17. The molecule has 0 aromatic heterocycles. The summed E-state index contributed by atoms with van der Waals surface area (Å²) in [5.41, 5.74) is 0.380. The Hall–Kier alpha value is -0.900. The first-order chi connectivity index (χ1) is 9.15. The number of carbonyl (C=O) groups is 1. The molecule has 0 spiro atoms. The molecule has 2 nitrogen and oxygen atoms in total. The van der Waals surface area contributed by atoms with E-state index in [-0.39, 0.29) is 11.7 Å². The monoisotopic (exact) mass is 325 g/mol. The molecule has 0 saturated heterocycles. The average molecular weight is 326 g/mol. The quantitative estimate of drug-likeness (QED) is 0.877. The van der Waals surface area contributed by atoms with Gasteiger partial charge >= 0.3 is 0 Å². The molecule has 0 bridgehead atoms. The van der Waals surface area contributed by atoms with E-state index in [9.17, 15) is 9.18 Å². The molecule has 4 heteroatoms. The van der Waals surface area contributed by atoms with Crippen molar-refractivity contribution in [2.45, 2.75) is 25.7 Å². The maximum Gasteiger partial charge on any atom is 0.252 e. The van der Waals surface area contributed by atoms with E-state index < -0.39 is 0 Å². The van der Waals surface area contributed by atoms with Crippen molar-refractivity contribution < 1.29 is 9.18 Å². The topological polar surface area (TPSA) is 29.1 Å². The van der Waals surface area contributed by atoms with Crippen LogP contribution in [-0.2, 0) is 0 Å². The Morgan fingerprint density at radius 3 is 2.53 bits per heavy atom. The zero-order chi connectivity index (χ0) is 13.4. The minimum absolute atomic E-state index is 0.183. The highest BCUT2D eigenvalue weighted by Gasteiger charge is 2.41. The third-order valence-corrected chi connectivity index (χ3v) is 4.82. The van der Waals surface area contributed by atoms with E-state index >= 15 is 0 Å². The van der Waals surface area contributed by atoms with E-state index in [1.165, 1.54) is 37.8 Å². The molecule has 0 unspecified atom stereocenters. The van der Waals surface area contributed by atoms with Gasteiger partial charge in [-0.15, -0.1) is 0 Å². The lowest BCUT2D eigenvalue weighted by Crippen LogP contribution is -2.31. The van der Waals surface area contributed by atoms with Crippen LogP contribution in [0.25, 0.3) is 0 Å². The zero-order valence-corrected chi connectivity index (χ0v) is 12.2. The minimum atomic E-state index is -0.380. The third-order valence-electron chi connectivity index (χ3n) is 4.13. The Morgan fingerprint density at radius 2 is 1.95 bits per heavy atom. The number of nitrogens with one attached hydrogen (secondary N) is 1. The molecule has 2 aliphatic carbocycles. The van der Waals surface area contributed by atoms with Crippen LogP contribution in [0.3, 0.4) is 0 Å². The minimum Gasteiger partial charge on any atom is -0.352 e. The van der Waals surface area contributed by atoms with Gasteiger partial charge in [-0.2, -0.15) is 0 Å². The number of benzene rings is 1. The van der Waals surface area contributed by atoms with E-state index in [4.69, 9.17) is 0 Å². The average Bonchev–Trinajstić information content (AvgIpc) is 3.25. The molecule has 1 aromatic carbocycles. The van der Waals surface area contributed by atoms with Crippen LogP contribution in [-0.4, -0.2) is 12.5 Å². The summed E-state index contributed by atoms with van der Waals surface area (Å²) in [5, 5.41) is 2.97. The van der Waals surface area contributed by atoms with Gasteiger partial charge in [0.2, 0.25) is 0 Å². The molecular formula is C15H17BrFNO. The van der Waals surface area contributed by atoms with E-state index in [1.807, 2.05) is 0 Å². The third kappa shape index (κ3) is 3.16. The summed E-state index contributed by atoms with van der Waals surface area (Å²) >= 11 is 3.29. The van der Waals surface area contributed by atoms with Crippen molar-refractivity contribution in [3.63, 3.8) is 0 Å². The van der Waals surface area contributed by atoms with Crippen LogP contribution >= 0.6 is 15.9 Å². The molecule has 1 N–H and O–H groups in total. The van der Waals surface area contributed by atoms with Gasteiger partial charge in [-0.25, -0.2) is 4.39 Å². The van der Waals surface area contributed by atoms with Gasteiger partial charge in [0.05, 0.1) is 5.56 Å². The lowest BCUT2D eigenvalue weighted by molar-refractivity contribution is 0.0942. The summed E-state index contributed by atoms with van der Waals surface area (Å²) in [6.07, 6.45) is 5.22. The van der Waals surface area contributed by atoms with Crippen molar-refractivity contribution in [3.8, 4) is 0 Å². The zero-order valence-electron chi connectivity index (χ0n) is 10.7. The summed E-state index contributed by atoms with van der Waals surface area (Å²) < 4.78 is 13.8. The molecule has 3 rings (SSSR count). The van der Waals surface area contributed by atoms with Crippen molar-refractivity contribution in [2.75, 3.05) is 6.54 Å². The van der Waals surface area contributed by atoms with Gasteiger partial charge in [0, 0.05) is 11.0 Å². The van der Waals surface area contributed by atoms with Gasteiger partial charge in [0.25, 0.3) is 5.91 Å². The molecule has 0 aliphatic heterocycles. The van der Waals surface area contributed by atoms with Crippen molar-refractivity contribution in [2.24, 2.45) is 17.8 Å². The van der Waals surface area contributed by atoms with Gasteiger partial charge < -0.3 is 5.32 Å². The van der Waals surface area contributed by atoms with Gasteiger partial charge in [0.15, 0.2) is 0 Å². The smallest absolute Gasteiger partial charge is 0.252 e. The molecule has 2 aliphatic rings. The predicted molar refractivity (Wildman–Crippen MR) is 75.4 cm³/mol. The lowest BCUT2D eigenvalue weighted by Gasteiger charge is -2.16. The van der Waals surface area contributed by atoms with Crippen LogP contribution in [0.2, 0.25) is 0 Å². The normalized spacial score (nSPS) is 18.7. The number of amides is 1. The van der Waals surface area contributed by atoms with Crippen molar-refractivity contribution in [1.82, 2.24) is 5.32 Å².